The summed E-state index contributed by atoms with van der Waals surface area (Å²) in [5, 5.41) is 21.1. The number of aliphatic hydroxyl groups excluding tert-OH is 1. The van der Waals surface area contributed by atoms with E-state index >= 15 is 0 Å². The molecule has 0 radical (unpaired) electrons. The topological polar surface area (TPSA) is 108 Å². The number of anilines is 1. The fraction of sp³-hybridized carbons (Fsp3) is 0.394. The van der Waals surface area contributed by atoms with E-state index in [0.717, 1.165) is 16.7 Å². The lowest BCUT2D eigenvalue weighted by atomic mass is 9.89. The Kier molecular flexibility index (Phi) is 10.7. The lowest BCUT2D eigenvalue weighted by molar-refractivity contribution is -0.276. The van der Waals surface area contributed by atoms with Gasteiger partial charge in [-0.05, 0) is 49.2 Å². The molecule has 8 nitrogen and oxygen atoms in total. The molecule has 5 unspecified atom stereocenters. The van der Waals surface area contributed by atoms with E-state index in [1.54, 1.807) is 12.1 Å². The van der Waals surface area contributed by atoms with Crippen LogP contribution in [0.4, 0.5) is 5.69 Å². The molecule has 41 heavy (non-hydrogen) atoms. The van der Waals surface area contributed by atoms with Gasteiger partial charge in [0.1, 0.15) is 0 Å². The van der Waals surface area contributed by atoms with Gasteiger partial charge in [0.25, 0.3) is 0 Å². The fourth-order valence-corrected chi connectivity index (χ4v) is 5.10. The molecule has 1 aliphatic rings. The first kappa shape index (κ1) is 30.4. The second kappa shape index (κ2) is 14.4. The van der Waals surface area contributed by atoms with Gasteiger partial charge in [-0.2, -0.15) is 0 Å². The minimum Gasteiger partial charge on any atom is -0.481 e. The predicted molar refractivity (Wildman–Crippen MR) is 157 cm³/mol. The highest BCUT2D eigenvalue weighted by Crippen LogP contribution is 2.42. The number of carbonyl (C=O) groups excluding carboxylic acids is 1. The number of amides is 1. The molecule has 8 heteroatoms. The molecule has 3 aromatic carbocycles. The van der Waals surface area contributed by atoms with Crippen molar-refractivity contribution in [3.63, 3.8) is 0 Å². The van der Waals surface area contributed by atoms with E-state index in [9.17, 15) is 14.7 Å². The Bertz CT molecular complexity index is 1270. The molecule has 1 aliphatic heterocycles. The number of hydrogen-bond donors (Lipinski definition) is 3. The largest absolute Gasteiger partial charge is 0.481 e. The second-order valence-corrected chi connectivity index (χ2v) is 10.8. The number of carbonyl (C=O) groups is 2. The van der Waals surface area contributed by atoms with E-state index in [1.165, 1.54) is 5.56 Å². The number of ether oxygens (including phenoxy) is 2. The number of nitrogens with zero attached hydrogens (tertiary/aromatic N) is 1. The van der Waals surface area contributed by atoms with Crippen LogP contribution in [0.25, 0.3) is 0 Å². The van der Waals surface area contributed by atoms with Crippen LogP contribution in [-0.2, 0) is 25.7 Å². The Hall–Kier alpha value is -3.56. The molecular weight excluding hydrogens is 520 g/mol. The summed E-state index contributed by atoms with van der Waals surface area (Å²) in [6, 6.07) is 25.8. The van der Waals surface area contributed by atoms with E-state index in [4.69, 9.17) is 14.6 Å². The van der Waals surface area contributed by atoms with Crippen molar-refractivity contribution in [2.75, 3.05) is 18.9 Å². The van der Waals surface area contributed by atoms with E-state index in [2.05, 4.69) is 55.4 Å². The number of likely N-dealkylation sites (N-methyl/N-ethyl adjacent to an activating group) is 1. The zero-order chi connectivity index (χ0) is 29.4. The third-order valence-electron chi connectivity index (χ3n) is 7.80. The van der Waals surface area contributed by atoms with E-state index < -0.39 is 12.3 Å². The highest BCUT2D eigenvalue weighted by molar-refractivity contribution is 5.90. The van der Waals surface area contributed by atoms with E-state index in [-0.39, 0.29) is 49.5 Å². The smallest absolute Gasteiger partial charge is 0.303 e. The molecule has 0 spiro atoms. The number of carboxylic acid groups (broad SMARTS) is 1. The quantitative estimate of drug-likeness (QED) is 0.255. The SMILES string of the molecule is CC1C(CN(C)C(C)c2ccccc2)OC(c2ccc(NC(=O)CCCC(=O)O)cc2)OC1c1ccc(CO)cc1. The normalized spacial score (nSPS) is 21.4. The molecule has 5 atom stereocenters. The van der Waals surface area contributed by atoms with Crippen molar-refractivity contribution >= 4 is 17.6 Å². The molecule has 3 N–H and O–H groups in total. The standard InChI is InChI=1S/C33H40N2O6/c1-22-29(20-35(3)23(2)25-8-5-4-6-9-25)40-33(41-32(22)26-14-12-24(21-36)13-15-26)27-16-18-28(19-17-27)34-30(37)10-7-11-31(38)39/h4-6,8-9,12-19,22-23,29,32-33,36H,7,10-11,20-21H2,1-3H3,(H,34,37)(H,38,39). The molecule has 1 heterocycles. The Morgan fingerprint density at radius 1 is 0.927 bits per heavy atom. The monoisotopic (exact) mass is 560 g/mol. The fourth-order valence-electron chi connectivity index (χ4n) is 5.10. The maximum absolute atomic E-state index is 12.2. The third kappa shape index (κ3) is 8.24. The van der Waals surface area contributed by atoms with Crippen LogP contribution in [0.1, 0.15) is 73.8 Å². The minimum atomic E-state index is -0.911. The molecule has 0 saturated carbocycles. The van der Waals surface area contributed by atoms with Gasteiger partial charge in [0.05, 0.1) is 18.8 Å². The van der Waals surface area contributed by atoms with Crippen molar-refractivity contribution < 1.29 is 29.3 Å². The first-order valence-electron chi connectivity index (χ1n) is 14.1. The van der Waals surface area contributed by atoms with Crippen molar-refractivity contribution in [1.82, 2.24) is 4.90 Å². The zero-order valence-electron chi connectivity index (χ0n) is 23.9. The molecule has 0 aliphatic carbocycles. The van der Waals surface area contributed by atoms with Gasteiger partial charge in [-0.3, -0.25) is 14.5 Å². The predicted octanol–water partition coefficient (Wildman–Crippen LogP) is 5.86. The summed E-state index contributed by atoms with van der Waals surface area (Å²) < 4.78 is 13.1. The number of hydrogen-bond acceptors (Lipinski definition) is 6. The van der Waals surface area contributed by atoms with Crippen LogP contribution < -0.4 is 5.32 Å². The van der Waals surface area contributed by atoms with Gasteiger partial charge in [0.2, 0.25) is 5.91 Å². The van der Waals surface area contributed by atoms with Crippen LogP contribution in [0, 0.1) is 5.92 Å². The summed E-state index contributed by atoms with van der Waals surface area (Å²) in [5.41, 5.74) is 4.57. The van der Waals surface area contributed by atoms with Gasteiger partial charge in [-0.15, -0.1) is 0 Å². The maximum atomic E-state index is 12.2. The summed E-state index contributed by atoms with van der Waals surface area (Å²) >= 11 is 0. The molecule has 3 aromatic rings. The van der Waals surface area contributed by atoms with E-state index in [0.29, 0.717) is 18.7 Å². The van der Waals surface area contributed by atoms with Gasteiger partial charge in [-0.25, -0.2) is 0 Å². The minimum absolute atomic E-state index is 0.0136. The first-order valence-corrected chi connectivity index (χ1v) is 14.1. The van der Waals surface area contributed by atoms with Gasteiger partial charge in [0.15, 0.2) is 6.29 Å². The Labute approximate surface area is 241 Å². The number of carboxylic acids is 1. The molecule has 1 amide bonds. The van der Waals surface area contributed by atoms with Crippen molar-refractivity contribution in [3.8, 4) is 0 Å². The van der Waals surface area contributed by atoms with Crippen LogP contribution in [0.15, 0.2) is 78.9 Å². The summed E-state index contributed by atoms with van der Waals surface area (Å²) in [4.78, 5) is 25.2. The molecular formula is C33H40N2O6. The number of rotatable bonds is 12. The van der Waals surface area contributed by atoms with Crippen molar-refractivity contribution in [2.24, 2.45) is 5.92 Å². The van der Waals surface area contributed by atoms with Crippen LogP contribution in [0.2, 0.25) is 0 Å². The summed E-state index contributed by atoms with van der Waals surface area (Å²) in [5.74, 6) is -1.08. The molecule has 0 aromatic heterocycles. The molecule has 0 bridgehead atoms. The first-order chi connectivity index (χ1) is 19.7. The number of nitrogens with one attached hydrogen (secondary N) is 1. The summed E-state index contributed by atoms with van der Waals surface area (Å²) in [6.07, 6.45) is -0.554. The summed E-state index contributed by atoms with van der Waals surface area (Å²) in [6.45, 7) is 5.03. The second-order valence-electron chi connectivity index (χ2n) is 10.8. The molecule has 1 fully saturated rings. The van der Waals surface area contributed by atoms with E-state index in [1.807, 2.05) is 42.5 Å². The van der Waals surface area contributed by atoms with Gasteiger partial charge >= 0.3 is 5.97 Å². The van der Waals surface area contributed by atoms with Crippen LogP contribution in [-0.4, -0.2) is 46.7 Å². The highest BCUT2D eigenvalue weighted by atomic mass is 16.7. The average Bonchev–Trinajstić information content (AvgIpc) is 2.98. The summed E-state index contributed by atoms with van der Waals surface area (Å²) in [7, 11) is 2.11. The Morgan fingerprint density at radius 3 is 2.22 bits per heavy atom. The van der Waals surface area contributed by atoms with Gasteiger partial charge in [-0.1, -0.05) is 73.7 Å². The van der Waals surface area contributed by atoms with Gasteiger partial charge < -0.3 is 25.0 Å². The number of aliphatic carboxylic acids is 1. The lowest BCUT2D eigenvalue weighted by Gasteiger charge is -2.43. The lowest BCUT2D eigenvalue weighted by Crippen LogP contribution is -2.44. The molecule has 218 valence electrons. The Balaban J connectivity index is 1.50. The van der Waals surface area contributed by atoms with Crippen LogP contribution in [0.5, 0.6) is 0 Å². The van der Waals surface area contributed by atoms with Gasteiger partial charge in [0, 0.05) is 42.6 Å². The third-order valence-corrected chi connectivity index (χ3v) is 7.80. The molecule has 4 rings (SSSR count). The van der Waals surface area contributed by atoms with Crippen molar-refractivity contribution in [1.29, 1.82) is 0 Å². The average molecular weight is 561 g/mol. The highest BCUT2D eigenvalue weighted by Gasteiger charge is 2.39. The molecule has 1 saturated heterocycles. The number of benzene rings is 3. The van der Waals surface area contributed by atoms with Crippen molar-refractivity contribution in [2.45, 2.75) is 64.3 Å². The zero-order valence-corrected chi connectivity index (χ0v) is 23.9. The number of aliphatic hydroxyl groups is 1. The van der Waals surface area contributed by atoms with Crippen molar-refractivity contribution in [3.05, 3.63) is 101 Å². The maximum Gasteiger partial charge on any atom is 0.303 e. The van der Waals surface area contributed by atoms with Crippen LogP contribution in [0.3, 0.4) is 0 Å². The Morgan fingerprint density at radius 2 is 1.59 bits per heavy atom. The van der Waals surface area contributed by atoms with Crippen LogP contribution >= 0.6 is 0 Å².